The first-order valence-electron chi connectivity index (χ1n) is 8.18. The van der Waals surface area contributed by atoms with Gasteiger partial charge >= 0.3 is 0 Å². The van der Waals surface area contributed by atoms with Crippen molar-refractivity contribution in [2.45, 2.75) is 6.61 Å². The zero-order chi connectivity index (χ0) is 19.2. The maximum Gasteiger partial charge on any atom is 0.255 e. The third-order valence-electron chi connectivity index (χ3n) is 3.84. The van der Waals surface area contributed by atoms with Gasteiger partial charge in [-0.2, -0.15) is 0 Å². The predicted molar refractivity (Wildman–Crippen MR) is 124 cm³/mol. The maximum atomic E-state index is 12.7. The Morgan fingerprint density at radius 1 is 0.963 bits per heavy atom. The molecule has 1 N–H and O–H groups in total. The van der Waals surface area contributed by atoms with Gasteiger partial charge in [-0.05, 0) is 75.0 Å². The standard InChI is InChI=1S/C21H17I2NO3/c1-26-20-17(23)11-15(21(25)24-18-10-6-5-9-16(18)22)12-19(20)27-13-14-7-3-2-4-8-14/h2-12H,13H2,1H3,(H,24,25). The molecule has 27 heavy (non-hydrogen) atoms. The highest BCUT2D eigenvalue weighted by Gasteiger charge is 2.16. The van der Waals surface area contributed by atoms with Gasteiger partial charge in [-0.3, -0.25) is 4.79 Å². The van der Waals surface area contributed by atoms with Crippen molar-refractivity contribution in [2.75, 3.05) is 12.4 Å². The van der Waals surface area contributed by atoms with Crippen LogP contribution in [-0.4, -0.2) is 13.0 Å². The number of methoxy groups -OCH3 is 1. The van der Waals surface area contributed by atoms with Crippen molar-refractivity contribution in [3.63, 3.8) is 0 Å². The number of nitrogens with one attached hydrogen (secondary N) is 1. The monoisotopic (exact) mass is 585 g/mol. The first-order chi connectivity index (χ1) is 13.1. The lowest BCUT2D eigenvalue weighted by Gasteiger charge is -2.15. The molecule has 0 fully saturated rings. The van der Waals surface area contributed by atoms with Crippen LogP contribution in [0.5, 0.6) is 11.5 Å². The summed E-state index contributed by atoms with van der Waals surface area (Å²) in [5, 5.41) is 2.95. The van der Waals surface area contributed by atoms with Crippen LogP contribution in [-0.2, 0) is 6.61 Å². The van der Waals surface area contributed by atoms with Gasteiger partial charge in [0.05, 0.1) is 16.4 Å². The van der Waals surface area contributed by atoms with E-state index in [-0.39, 0.29) is 5.91 Å². The zero-order valence-corrected chi connectivity index (χ0v) is 18.9. The lowest BCUT2D eigenvalue weighted by molar-refractivity contribution is 0.102. The Labute approximate surface area is 185 Å². The average Bonchev–Trinajstić information content (AvgIpc) is 2.68. The maximum absolute atomic E-state index is 12.7. The van der Waals surface area contributed by atoms with Crippen LogP contribution in [0.3, 0.4) is 0 Å². The Kier molecular flexibility index (Phi) is 6.95. The first-order valence-corrected chi connectivity index (χ1v) is 10.3. The number of benzene rings is 3. The summed E-state index contributed by atoms with van der Waals surface area (Å²) < 4.78 is 13.2. The van der Waals surface area contributed by atoms with Gasteiger partial charge in [-0.25, -0.2) is 0 Å². The third kappa shape index (κ3) is 5.13. The van der Waals surface area contributed by atoms with Gasteiger partial charge in [0.1, 0.15) is 6.61 Å². The second kappa shape index (κ2) is 9.41. The van der Waals surface area contributed by atoms with Crippen molar-refractivity contribution in [3.05, 3.63) is 85.0 Å². The topological polar surface area (TPSA) is 47.6 Å². The minimum atomic E-state index is -0.191. The number of ether oxygens (including phenoxy) is 2. The molecule has 4 nitrogen and oxygen atoms in total. The number of hydrogen-bond acceptors (Lipinski definition) is 3. The van der Waals surface area contributed by atoms with Crippen molar-refractivity contribution < 1.29 is 14.3 Å². The number of carbonyl (C=O) groups is 1. The van der Waals surface area contributed by atoms with Crippen molar-refractivity contribution in [1.82, 2.24) is 0 Å². The fourth-order valence-corrected chi connectivity index (χ4v) is 3.84. The number of anilines is 1. The molecule has 3 rings (SSSR count). The van der Waals surface area contributed by atoms with Crippen molar-refractivity contribution >= 4 is 56.8 Å². The quantitative estimate of drug-likeness (QED) is 0.376. The summed E-state index contributed by atoms with van der Waals surface area (Å²) in [6, 6.07) is 21.0. The van der Waals surface area contributed by atoms with Gasteiger partial charge in [0.2, 0.25) is 0 Å². The minimum Gasteiger partial charge on any atom is -0.492 e. The Balaban J connectivity index is 1.84. The zero-order valence-electron chi connectivity index (χ0n) is 14.5. The van der Waals surface area contributed by atoms with E-state index in [1.807, 2.05) is 54.6 Å². The van der Waals surface area contributed by atoms with Crippen LogP contribution in [0.15, 0.2) is 66.7 Å². The molecule has 6 heteroatoms. The Morgan fingerprint density at radius 2 is 1.67 bits per heavy atom. The fourth-order valence-electron chi connectivity index (χ4n) is 2.50. The number of para-hydroxylation sites is 1. The van der Waals surface area contributed by atoms with Crippen LogP contribution in [0, 0.1) is 7.14 Å². The fraction of sp³-hybridized carbons (Fsp3) is 0.0952. The van der Waals surface area contributed by atoms with Crippen LogP contribution in [0.4, 0.5) is 5.69 Å². The molecule has 1 amide bonds. The van der Waals surface area contributed by atoms with Crippen LogP contribution < -0.4 is 14.8 Å². The summed E-state index contributed by atoms with van der Waals surface area (Å²) in [4.78, 5) is 12.7. The lowest BCUT2D eigenvalue weighted by Crippen LogP contribution is -2.13. The number of amides is 1. The van der Waals surface area contributed by atoms with Crippen LogP contribution in [0.25, 0.3) is 0 Å². The summed E-state index contributed by atoms with van der Waals surface area (Å²) >= 11 is 4.35. The van der Waals surface area contributed by atoms with Gasteiger partial charge in [0.25, 0.3) is 5.91 Å². The lowest BCUT2D eigenvalue weighted by atomic mass is 10.1. The van der Waals surface area contributed by atoms with E-state index in [4.69, 9.17) is 9.47 Å². The highest BCUT2D eigenvalue weighted by Crippen LogP contribution is 2.34. The number of carbonyl (C=O) groups excluding carboxylic acids is 1. The van der Waals surface area contributed by atoms with E-state index in [2.05, 4.69) is 50.5 Å². The van der Waals surface area contributed by atoms with E-state index in [0.717, 1.165) is 18.4 Å². The van der Waals surface area contributed by atoms with E-state index < -0.39 is 0 Å². The molecular weight excluding hydrogens is 568 g/mol. The molecule has 0 heterocycles. The highest BCUT2D eigenvalue weighted by molar-refractivity contribution is 14.1. The summed E-state index contributed by atoms with van der Waals surface area (Å²) in [6.07, 6.45) is 0. The molecule has 0 aromatic heterocycles. The SMILES string of the molecule is COc1c(I)cc(C(=O)Nc2ccccc2I)cc1OCc1ccccc1. The van der Waals surface area contributed by atoms with E-state index in [9.17, 15) is 4.79 Å². The van der Waals surface area contributed by atoms with E-state index in [1.54, 1.807) is 19.2 Å². The molecular formula is C21H17I2NO3. The molecule has 0 aliphatic heterocycles. The second-order valence-electron chi connectivity index (χ2n) is 5.70. The molecule has 138 valence electrons. The van der Waals surface area contributed by atoms with Gasteiger partial charge in [-0.15, -0.1) is 0 Å². The first kappa shape index (κ1) is 19.9. The van der Waals surface area contributed by atoms with Crippen LogP contribution in [0.1, 0.15) is 15.9 Å². The number of hydrogen-bond donors (Lipinski definition) is 1. The van der Waals surface area contributed by atoms with E-state index in [1.165, 1.54) is 0 Å². The van der Waals surface area contributed by atoms with Crippen LogP contribution >= 0.6 is 45.2 Å². The Bertz CT molecular complexity index is 945. The van der Waals surface area contributed by atoms with E-state index in [0.29, 0.717) is 23.7 Å². The van der Waals surface area contributed by atoms with Gasteiger partial charge < -0.3 is 14.8 Å². The normalized spacial score (nSPS) is 10.3. The molecule has 0 radical (unpaired) electrons. The smallest absolute Gasteiger partial charge is 0.255 e. The molecule has 0 bridgehead atoms. The molecule has 0 spiro atoms. The molecule has 0 atom stereocenters. The van der Waals surface area contributed by atoms with Gasteiger partial charge in [0, 0.05) is 9.13 Å². The van der Waals surface area contributed by atoms with Crippen LogP contribution in [0.2, 0.25) is 0 Å². The highest BCUT2D eigenvalue weighted by atomic mass is 127. The summed E-state index contributed by atoms with van der Waals surface area (Å²) in [7, 11) is 1.60. The Morgan fingerprint density at radius 3 is 2.37 bits per heavy atom. The molecule has 0 aliphatic rings. The second-order valence-corrected chi connectivity index (χ2v) is 8.02. The minimum absolute atomic E-state index is 0.191. The largest absolute Gasteiger partial charge is 0.492 e. The molecule has 0 saturated carbocycles. The molecule has 0 aliphatic carbocycles. The molecule has 0 saturated heterocycles. The third-order valence-corrected chi connectivity index (χ3v) is 5.58. The number of halogens is 2. The van der Waals surface area contributed by atoms with Gasteiger partial charge in [-0.1, -0.05) is 42.5 Å². The van der Waals surface area contributed by atoms with E-state index >= 15 is 0 Å². The molecule has 0 unspecified atom stereocenters. The van der Waals surface area contributed by atoms with Gasteiger partial charge in [0.15, 0.2) is 11.5 Å². The Hall–Kier alpha value is -1.81. The van der Waals surface area contributed by atoms with Crippen molar-refractivity contribution in [2.24, 2.45) is 0 Å². The predicted octanol–water partition coefficient (Wildman–Crippen LogP) is 5.74. The van der Waals surface area contributed by atoms with Crippen molar-refractivity contribution in [1.29, 1.82) is 0 Å². The molecule has 3 aromatic rings. The molecule has 3 aromatic carbocycles. The summed E-state index contributed by atoms with van der Waals surface area (Å²) in [5.41, 5.74) is 2.34. The summed E-state index contributed by atoms with van der Waals surface area (Å²) in [5.74, 6) is 0.975. The number of rotatable bonds is 6. The summed E-state index contributed by atoms with van der Waals surface area (Å²) in [6.45, 7) is 0.398. The van der Waals surface area contributed by atoms with Crippen molar-refractivity contribution in [3.8, 4) is 11.5 Å². The average molecular weight is 585 g/mol.